The van der Waals surface area contributed by atoms with Gasteiger partial charge in [0.25, 0.3) is 0 Å². The highest BCUT2D eigenvalue weighted by Crippen LogP contribution is 2.46. The first-order chi connectivity index (χ1) is 13.9. The molecule has 0 bridgehead atoms. The number of hydrogen-bond donors (Lipinski definition) is 1. The summed E-state index contributed by atoms with van der Waals surface area (Å²) >= 11 is 1.98. The zero-order valence-corrected chi connectivity index (χ0v) is 16.1. The molecule has 132 valence electrons. The Morgan fingerprint density at radius 3 is 2.39 bits per heavy atom. The average molecular weight is 375 g/mol. The summed E-state index contributed by atoms with van der Waals surface area (Å²) in [6.07, 6.45) is 6.97. The number of nitrogens with one attached hydrogen (secondary N) is 1. The number of aromatic nitrogens is 1. The third kappa shape index (κ3) is 1.76. The van der Waals surface area contributed by atoms with Crippen molar-refractivity contribution in [3.63, 3.8) is 0 Å². The van der Waals surface area contributed by atoms with Crippen molar-refractivity contribution in [3.05, 3.63) is 77.2 Å². The molecule has 1 aliphatic carbocycles. The van der Waals surface area contributed by atoms with Crippen molar-refractivity contribution in [2.45, 2.75) is 12.8 Å². The molecule has 2 heterocycles. The predicted molar refractivity (Wildman–Crippen MR) is 124 cm³/mol. The van der Waals surface area contributed by atoms with Crippen LogP contribution in [-0.4, -0.2) is 4.98 Å². The van der Waals surface area contributed by atoms with Gasteiger partial charge in [-0.25, -0.2) is 0 Å². The van der Waals surface area contributed by atoms with Gasteiger partial charge in [-0.3, -0.25) is 0 Å². The van der Waals surface area contributed by atoms with Gasteiger partial charge in [0.2, 0.25) is 0 Å². The number of hydrogen-bond acceptors (Lipinski definition) is 1. The third-order valence-electron chi connectivity index (χ3n) is 6.24. The largest absolute Gasteiger partial charge is 0.353 e. The number of aromatic amines is 1. The molecule has 0 atom stereocenters. The van der Waals surface area contributed by atoms with Gasteiger partial charge in [-0.2, -0.15) is 0 Å². The molecule has 1 aliphatic rings. The van der Waals surface area contributed by atoms with E-state index < -0.39 is 0 Å². The Morgan fingerprint density at radius 1 is 0.714 bits per heavy atom. The van der Waals surface area contributed by atoms with Crippen LogP contribution in [0.1, 0.15) is 16.9 Å². The van der Waals surface area contributed by atoms with E-state index in [1.807, 2.05) is 11.3 Å². The molecule has 0 saturated carbocycles. The Morgan fingerprint density at radius 2 is 1.50 bits per heavy atom. The summed E-state index contributed by atoms with van der Waals surface area (Å²) in [4.78, 5) is 5.38. The maximum atomic E-state index is 3.85. The second kappa shape index (κ2) is 5.24. The molecule has 4 aromatic carbocycles. The van der Waals surface area contributed by atoms with Crippen LogP contribution in [-0.2, 0) is 6.42 Å². The molecule has 0 fully saturated rings. The first-order valence-corrected chi connectivity index (χ1v) is 10.7. The van der Waals surface area contributed by atoms with Crippen LogP contribution in [0.2, 0.25) is 0 Å². The first-order valence-electron chi connectivity index (χ1n) is 9.86. The van der Waals surface area contributed by atoms with Gasteiger partial charge in [-0.05, 0) is 34.6 Å². The number of rotatable bonds is 0. The van der Waals surface area contributed by atoms with Crippen LogP contribution >= 0.6 is 11.3 Å². The highest BCUT2D eigenvalue weighted by atomic mass is 32.1. The Bertz CT molecular complexity index is 1610. The average Bonchev–Trinajstić information content (AvgIpc) is 3.33. The molecule has 0 aliphatic heterocycles. The van der Waals surface area contributed by atoms with Gasteiger partial charge < -0.3 is 4.98 Å². The number of fused-ring (bicyclic) bond motifs is 12. The molecule has 0 amide bonds. The molecule has 7 rings (SSSR count). The van der Waals surface area contributed by atoms with E-state index in [1.54, 1.807) is 0 Å². The molecule has 6 aromatic rings. The van der Waals surface area contributed by atoms with Crippen molar-refractivity contribution in [1.82, 2.24) is 4.98 Å². The van der Waals surface area contributed by atoms with E-state index in [9.17, 15) is 0 Å². The van der Waals surface area contributed by atoms with E-state index >= 15 is 0 Å². The van der Waals surface area contributed by atoms with Crippen molar-refractivity contribution < 1.29 is 0 Å². The van der Waals surface area contributed by atoms with Crippen LogP contribution in [0.25, 0.3) is 59.5 Å². The second-order valence-electron chi connectivity index (χ2n) is 7.71. The Labute approximate surface area is 165 Å². The van der Waals surface area contributed by atoms with Crippen molar-refractivity contribution in [2.24, 2.45) is 0 Å². The van der Waals surface area contributed by atoms with Crippen LogP contribution in [0, 0.1) is 0 Å². The molecule has 0 unspecified atom stereocenters. The fraction of sp³-hybridized carbons (Fsp3) is 0.0769. The van der Waals surface area contributed by atoms with E-state index in [0.717, 1.165) is 12.8 Å². The van der Waals surface area contributed by atoms with Crippen LogP contribution in [0.15, 0.2) is 66.7 Å². The number of allylic oxidation sites excluding steroid dienone is 1. The molecule has 1 nitrogen and oxygen atoms in total. The number of H-pyrrole nitrogens is 1. The minimum atomic E-state index is 1.15. The lowest BCUT2D eigenvalue weighted by molar-refractivity contribution is 1.02. The summed E-state index contributed by atoms with van der Waals surface area (Å²) < 4.78 is 1.41. The van der Waals surface area contributed by atoms with Gasteiger partial charge in [0.05, 0.1) is 15.7 Å². The monoisotopic (exact) mass is 375 g/mol. The maximum Gasteiger partial charge on any atom is 0.0653 e. The van der Waals surface area contributed by atoms with Crippen LogP contribution in [0.3, 0.4) is 0 Å². The van der Waals surface area contributed by atoms with Crippen molar-refractivity contribution in [3.8, 4) is 0 Å². The fourth-order valence-corrected chi connectivity index (χ4v) is 6.34. The molecular formula is C26H17NS. The molecule has 2 aromatic heterocycles. The minimum Gasteiger partial charge on any atom is -0.353 e. The highest BCUT2D eigenvalue weighted by molar-refractivity contribution is 7.20. The van der Waals surface area contributed by atoms with Crippen LogP contribution < -0.4 is 0 Å². The van der Waals surface area contributed by atoms with Crippen LogP contribution in [0.4, 0.5) is 0 Å². The topological polar surface area (TPSA) is 15.8 Å². The minimum absolute atomic E-state index is 1.15. The van der Waals surface area contributed by atoms with Gasteiger partial charge in [0, 0.05) is 26.4 Å². The smallest absolute Gasteiger partial charge is 0.0653 e. The third-order valence-corrected chi connectivity index (χ3v) is 7.52. The zero-order valence-electron chi connectivity index (χ0n) is 15.3. The lowest BCUT2D eigenvalue weighted by Gasteiger charge is -2.07. The summed E-state index contributed by atoms with van der Waals surface area (Å²) in [6.45, 7) is 0. The Kier molecular flexibility index (Phi) is 2.79. The summed E-state index contributed by atoms with van der Waals surface area (Å²) in [5.74, 6) is 0. The van der Waals surface area contributed by atoms with Gasteiger partial charge in [-0.1, -0.05) is 72.8 Å². The predicted octanol–water partition coefficient (Wildman–Crippen LogP) is 7.80. The van der Waals surface area contributed by atoms with Crippen LogP contribution in [0.5, 0.6) is 0 Å². The lowest BCUT2D eigenvalue weighted by Crippen LogP contribution is -1.87. The summed E-state index contributed by atoms with van der Waals surface area (Å²) in [5.41, 5.74) is 3.99. The molecule has 0 radical (unpaired) electrons. The lowest BCUT2D eigenvalue weighted by atomic mass is 9.95. The Hall–Kier alpha value is -3.10. The molecule has 2 heteroatoms. The highest BCUT2D eigenvalue weighted by Gasteiger charge is 2.21. The van der Waals surface area contributed by atoms with E-state index in [0.29, 0.717) is 0 Å². The standard InChI is InChI=1S/C26H17NS/c1-2-8-16-15(7-1)13-14-20-22-17-9-3-4-10-18(17)23-19-11-5-6-12-21(19)28-26(23)25(22)27-24(16)20/h1-5,7-11,13-14,27H,6,12H2. The quantitative estimate of drug-likeness (QED) is 0.279. The fourth-order valence-electron chi connectivity index (χ4n) is 5.02. The van der Waals surface area contributed by atoms with Gasteiger partial charge >= 0.3 is 0 Å². The SMILES string of the molecule is C1=Cc2c(sc3c4[nH]c5c6ccccc6ccc5c4c4ccccc4c23)CC1. The number of thiophene rings is 1. The summed E-state index contributed by atoms with van der Waals surface area (Å²) in [6, 6.07) is 22.2. The molecular weight excluding hydrogens is 358 g/mol. The number of benzene rings is 4. The molecule has 28 heavy (non-hydrogen) atoms. The number of aryl methyl sites for hydroxylation is 1. The zero-order chi connectivity index (χ0) is 18.2. The van der Waals surface area contributed by atoms with Crippen molar-refractivity contribution >= 4 is 70.8 Å². The molecule has 0 saturated heterocycles. The van der Waals surface area contributed by atoms with E-state index in [4.69, 9.17) is 0 Å². The van der Waals surface area contributed by atoms with E-state index in [1.165, 1.54) is 63.9 Å². The van der Waals surface area contributed by atoms with Gasteiger partial charge in [0.1, 0.15) is 0 Å². The van der Waals surface area contributed by atoms with Crippen molar-refractivity contribution in [1.29, 1.82) is 0 Å². The Balaban J connectivity index is 1.82. The van der Waals surface area contributed by atoms with Gasteiger partial charge in [-0.15, -0.1) is 11.3 Å². The second-order valence-corrected chi connectivity index (χ2v) is 8.82. The van der Waals surface area contributed by atoms with Gasteiger partial charge in [0.15, 0.2) is 0 Å². The van der Waals surface area contributed by atoms with Crippen molar-refractivity contribution in [2.75, 3.05) is 0 Å². The normalized spacial score (nSPS) is 14.0. The summed E-state index contributed by atoms with van der Waals surface area (Å²) in [7, 11) is 0. The summed E-state index contributed by atoms with van der Waals surface area (Å²) in [5, 5.41) is 9.44. The molecule has 1 N–H and O–H groups in total. The molecule has 0 spiro atoms. The maximum absolute atomic E-state index is 3.85. The van der Waals surface area contributed by atoms with E-state index in [2.05, 4.69) is 77.8 Å². The first kappa shape index (κ1) is 14.9. The van der Waals surface area contributed by atoms with E-state index in [-0.39, 0.29) is 0 Å².